The first-order valence-electron chi connectivity index (χ1n) is 10.0. The fourth-order valence-electron chi connectivity index (χ4n) is 4.43. The van der Waals surface area contributed by atoms with E-state index in [0.29, 0.717) is 50.0 Å². The van der Waals surface area contributed by atoms with Crippen molar-refractivity contribution in [1.82, 2.24) is 14.8 Å². The number of hydrogen-bond acceptors (Lipinski definition) is 6. The van der Waals surface area contributed by atoms with Gasteiger partial charge in [-0.2, -0.15) is 0 Å². The number of anilines is 2. The molecule has 1 atom stereocenters. The van der Waals surface area contributed by atoms with Crippen LogP contribution in [0, 0.1) is 5.82 Å². The van der Waals surface area contributed by atoms with Crippen molar-refractivity contribution in [2.75, 3.05) is 50.1 Å². The summed E-state index contributed by atoms with van der Waals surface area (Å²) in [5, 5.41) is 2.89. The Morgan fingerprint density at radius 1 is 1.29 bits per heavy atom. The molecule has 1 aromatic heterocycles. The lowest BCUT2D eigenvalue weighted by molar-refractivity contribution is -0.00306. The van der Waals surface area contributed by atoms with Crippen molar-refractivity contribution in [3.8, 4) is 5.75 Å². The summed E-state index contributed by atoms with van der Waals surface area (Å²) < 4.78 is 24.1. The van der Waals surface area contributed by atoms with Crippen LogP contribution in [-0.4, -0.2) is 78.4 Å². The van der Waals surface area contributed by atoms with Crippen molar-refractivity contribution in [2.24, 2.45) is 0 Å². The van der Waals surface area contributed by atoms with E-state index in [9.17, 15) is 14.0 Å². The van der Waals surface area contributed by atoms with E-state index in [4.69, 9.17) is 9.47 Å². The highest BCUT2D eigenvalue weighted by Crippen LogP contribution is 2.41. The average molecular weight is 427 g/mol. The van der Waals surface area contributed by atoms with Gasteiger partial charge in [-0.05, 0) is 24.3 Å². The number of hydrogen-bond donors (Lipinski definition) is 1. The van der Waals surface area contributed by atoms with Gasteiger partial charge >= 0.3 is 12.1 Å². The third-order valence-electron chi connectivity index (χ3n) is 6.07. The smallest absolute Gasteiger partial charge is 0.411 e. The monoisotopic (exact) mass is 427 g/mol. The molecule has 162 valence electrons. The molecule has 1 N–H and O–H groups in total. The lowest BCUT2D eigenvalue weighted by Gasteiger charge is -2.51. The van der Waals surface area contributed by atoms with E-state index >= 15 is 0 Å². The molecule has 3 aliphatic heterocycles. The minimum atomic E-state index is -0.706. The molecular formula is C21H22FN5O4. The summed E-state index contributed by atoms with van der Waals surface area (Å²) in [5.41, 5.74) is -0.0698. The summed E-state index contributed by atoms with van der Waals surface area (Å²) >= 11 is 0. The normalized spacial score (nSPS) is 21.4. The molecule has 0 radical (unpaired) electrons. The Balaban J connectivity index is 1.27. The molecular weight excluding hydrogens is 405 g/mol. The lowest BCUT2D eigenvalue weighted by atomic mass is 9.84. The van der Waals surface area contributed by atoms with Crippen LogP contribution < -0.4 is 15.0 Å². The molecule has 1 unspecified atom stereocenters. The molecule has 0 aliphatic carbocycles. The first kappa shape index (κ1) is 19.4. The quantitative estimate of drug-likeness (QED) is 0.808. The molecule has 3 fully saturated rings. The second-order valence-corrected chi connectivity index (χ2v) is 7.94. The van der Waals surface area contributed by atoms with Crippen LogP contribution in [0.15, 0.2) is 42.6 Å². The van der Waals surface area contributed by atoms with E-state index in [1.165, 1.54) is 12.3 Å². The zero-order valence-electron chi connectivity index (χ0n) is 17.0. The number of carbonyl (C=O) groups is 2. The summed E-state index contributed by atoms with van der Waals surface area (Å²) in [6, 6.07) is 9.61. The number of nitrogens with one attached hydrogen (secondary N) is 1. The molecule has 3 aliphatic rings. The zero-order chi connectivity index (χ0) is 21.6. The number of methoxy groups -OCH3 is 1. The summed E-state index contributed by atoms with van der Waals surface area (Å²) in [6.45, 7) is 2.09. The van der Waals surface area contributed by atoms with Crippen molar-refractivity contribution in [3.05, 3.63) is 48.4 Å². The third kappa shape index (κ3) is 3.37. The van der Waals surface area contributed by atoms with Crippen molar-refractivity contribution < 1.29 is 23.5 Å². The standard InChI is InChI=1S/C21H22FN5O4/c1-30-16-4-2-3-15(9-16)24-19(28)25-7-8-27-17(11-25)21(31-20(27)29)12-26(13-21)18-6-5-14(22)10-23-18/h2-6,9-10,17H,7-8,11-13H2,1H3,(H,24,28). The molecule has 31 heavy (non-hydrogen) atoms. The number of carbonyl (C=O) groups excluding carboxylic acids is 2. The molecule has 3 amide bonds. The second kappa shape index (κ2) is 7.29. The number of aromatic nitrogens is 1. The largest absolute Gasteiger partial charge is 0.497 e. The predicted octanol–water partition coefficient (Wildman–Crippen LogP) is 2.16. The highest BCUT2D eigenvalue weighted by Gasteiger charge is 2.62. The van der Waals surface area contributed by atoms with Crippen LogP contribution in [0.25, 0.3) is 0 Å². The summed E-state index contributed by atoms with van der Waals surface area (Å²) in [6.07, 6.45) is 0.808. The maximum Gasteiger partial charge on any atom is 0.411 e. The number of rotatable bonds is 3. The fourth-order valence-corrected chi connectivity index (χ4v) is 4.43. The van der Waals surface area contributed by atoms with E-state index < -0.39 is 11.4 Å². The SMILES string of the molecule is COc1cccc(NC(=O)N2CCN3C(=O)OC4(CN(c5ccc(F)cn5)C4)C3C2)c1. The molecule has 3 saturated heterocycles. The Bertz CT molecular complexity index is 1010. The second-order valence-electron chi connectivity index (χ2n) is 7.94. The van der Waals surface area contributed by atoms with Gasteiger partial charge in [0.05, 0.1) is 32.4 Å². The zero-order valence-corrected chi connectivity index (χ0v) is 17.0. The number of ether oxygens (including phenoxy) is 2. The van der Waals surface area contributed by atoms with Crippen LogP contribution in [0.2, 0.25) is 0 Å². The molecule has 1 spiro atoms. The fraction of sp³-hybridized carbons (Fsp3) is 0.381. The van der Waals surface area contributed by atoms with Gasteiger partial charge in [0, 0.05) is 31.4 Å². The van der Waals surface area contributed by atoms with Gasteiger partial charge in [-0.1, -0.05) is 6.07 Å². The summed E-state index contributed by atoms with van der Waals surface area (Å²) in [4.78, 5) is 34.7. The Labute approximate surface area is 178 Å². The van der Waals surface area contributed by atoms with Crippen molar-refractivity contribution in [1.29, 1.82) is 0 Å². The van der Waals surface area contributed by atoms with E-state index in [1.807, 2.05) is 4.90 Å². The molecule has 0 saturated carbocycles. The van der Waals surface area contributed by atoms with Crippen LogP contribution >= 0.6 is 0 Å². The van der Waals surface area contributed by atoms with Crippen LogP contribution in [0.4, 0.5) is 25.5 Å². The van der Waals surface area contributed by atoms with Crippen molar-refractivity contribution in [2.45, 2.75) is 11.6 Å². The van der Waals surface area contributed by atoms with Crippen molar-refractivity contribution in [3.63, 3.8) is 0 Å². The number of piperazine rings is 1. The van der Waals surface area contributed by atoms with E-state index in [1.54, 1.807) is 47.2 Å². The molecule has 4 heterocycles. The predicted molar refractivity (Wildman–Crippen MR) is 110 cm³/mol. The number of benzene rings is 1. The molecule has 0 bridgehead atoms. The maximum atomic E-state index is 13.1. The van der Waals surface area contributed by atoms with Gasteiger partial charge < -0.3 is 24.6 Å². The molecule has 9 nitrogen and oxygen atoms in total. The topological polar surface area (TPSA) is 87.2 Å². The van der Waals surface area contributed by atoms with Crippen LogP contribution in [0.1, 0.15) is 0 Å². The lowest BCUT2D eigenvalue weighted by Crippen LogP contribution is -2.71. The van der Waals surface area contributed by atoms with Gasteiger partial charge in [-0.3, -0.25) is 4.90 Å². The number of halogens is 1. The maximum absolute atomic E-state index is 13.1. The Morgan fingerprint density at radius 3 is 2.87 bits per heavy atom. The number of urea groups is 1. The Kier molecular flexibility index (Phi) is 4.57. The number of pyridine rings is 1. The highest BCUT2D eigenvalue weighted by molar-refractivity contribution is 5.90. The third-order valence-corrected chi connectivity index (χ3v) is 6.07. The van der Waals surface area contributed by atoms with E-state index in [-0.39, 0.29) is 18.2 Å². The molecule has 1 aromatic carbocycles. The van der Waals surface area contributed by atoms with Gasteiger partial charge in [0.15, 0.2) is 5.60 Å². The average Bonchev–Trinajstić information content (AvgIpc) is 3.06. The molecule has 10 heteroatoms. The van der Waals surface area contributed by atoms with Gasteiger partial charge in [0.2, 0.25) is 0 Å². The van der Waals surface area contributed by atoms with Crippen LogP contribution in [0.5, 0.6) is 5.75 Å². The first-order valence-corrected chi connectivity index (χ1v) is 10.0. The number of fused-ring (bicyclic) bond motifs is 2. The minimum Gasteiger partial charge on any atom is -0.497 e. The van der Waals surface area contributed by atoms with Gasteiger partial charge in [0.1, 0.15) is 17.4 Å². The van der Waals surface area contributed by atoms with E-state index in [0.717, 1.165) is 0 Å². The number of amides is 3. The molecule has 2 aromatic rings. The highest BCUT2D eigenvalue weighted by atomic mass is 19.1. The molecule has 5 rings (SSSR count). The summed E-state index contributed by atoms with van der Waals surface area (Å²) in [7, 11) is 1.57. The van der Waals surface area contributed by atoms with Gasteiger partial charge in [0.25, 0.3) is 0 Å². The van der Waals surface area contributed by atoms with E-state index in [2.05, 4.69) is 10.3 Å². The Morgan fingerprint density at radius 2 is 2.13 bits per heavy atom. The Hall–Kier alpha value is -3.56. The summed E-state index contributed by atoms with van der Waals surface area (Å²) in [5.74, 6) is 0.882. The van der Waals surface area contributed by atoms with Crippen LogP contribution in [-0.2, 0) is 4.74 Å². The minimum absolute atomic E-state index is 0.237. The first-order chi connectivity index (χ1) is 15.0. The van der Waals surface area contributed by atoms with Crippen LogP contribution in [0.3, 0.4) is 0 Å². The van der Waals surface area contributed by atoms with Crippen molar-refractivity contribution >= 4 is 23.6 Å². The van der Waals surface area contributed by atoms with Gasteiger partial charge in [-0.25, -0.2) is 19.0 Å². The number of nitrogens with zero attached hydrogens (tertiary/aromatic N) is 4. The van der Waals surface area contributed by atoms with Gasteiger partial charge in [-0.15, -0.1) is 0 Å².